The van der Waals surface area contributed by atoms with Gasteiger partial charge >= 0.3 is 6.18 Å². The van der Waals surface area contributed by atoms with Gasteiger partial charge in [0.15, 0.2) is 22.8 Å². The van der Waals surface area contributed by atoms with Crippen molar-refractivity contribution in [2.45, 2.75) is 19.6 Å². The fourth-order valence-corrected chi connectivity index (χ4v) is 2.49. The Hall–Kier alpha value is -2.98. The van der Waals surface area contributed by atoms with Crippen molar-refractivity contribution in [2.24, 2.45) is 7.05 Å². The summed E-state index contributed by atoms with van der Waals surface area (Å²) in [7, 11) is 1.76. The lowest BCUT2D eigenvalue weighted by molar-refractivity contribution is -0.141. The Morgan fingerprint density at radius 3 is 2.67 bits per heavy atom. The van der Waals surface area contributed by atoms with E-state index in [4.69, 9.17) is 0 Å². The molecule has 0 N–H and O–H groups in total. The highest BCUT2D eigenvalue weighted by Gasteiger charge is 2.34. The number of halogens is 3. The first kappa shape index (κ1) is 14.6. The third kappa shape index (κ3) is 2.20. The van der Waals surface area contributed by atoms with Gasteiger partial charge in [0, 0.05) is 12.7 Å². The molecule has 11 heteroatoms. The van der Waals surface area contributed by atoms with Crippen LogP contribution in [0.25, 0.3) is 16.7 Å². The first-order chi connectivity index (χ1) is 11.3. The van der Waals surface area contributed by atoms with E-state index < -0.39 is 11.9 Å². The zero-order chi connectivity index (χ0) is 17.1. The number of nitrogens with zero attached hydrogens (tertiary/aromatic N) is 8. The smallest absolute Gasteiger partial charge is 0.262 e. The third-order valence-electron chi connectivity index (χ3n) is 3.68. The van der Waals surface area contributed by atoms with Crippen LogP contribution in [0.1, 0.15) is 17.2 Å². The number of alkyl halides is 3. The Morgan fingerprint density at radius 1 is 1.17 bits per heavy atom. The molecule has 0 spiro atoms. The molecule has 24 heavy (non-hydrogen) atoms. The number of hydrogen-bond donors (Lipinski definition) is 0. The highest BCUT2D eigenvalue weighted by molar-refractivity contribution is 5.88. The van der Waals surface area contributed by atoms with Crippen molar-refractivity contribution >= 4 is 16.7 Å². The Morgan fingerprint density at radius 2 is 1.96 bits per heavy atom. The predicted octanol–water partition coefficient (Wildman–Crippen LogP) is 1.58. The second-order valence-electron chi connectivity index (χ2n) is 5.37. The first-order valence-corrected chi connectivity index (χ1v) is 6.96. The molecule has 0 bridgehead atoms. The molecule has 0 aromatic carbocycles. The topological polar surface area (TPSA) is 78.7 Å². The molecule has 4 rings (SSSR count). The van der Waals surface area contributed by atoms with E-state index >= 15 is 0 Å². The van der Waals surface area contributed by atoms with E-state index in [0.29, 0.717) is 28.2 Å². The Kier molecular flexibility index (Phi) is 2.89. The lowest BCUT2D eigenvalue weighted by Crippen LogP contribution is -2.09. The van der Waals surface area contributed by atoms with Crippen LogP contribution in [-0.4, -0.2) is 39.1 Å². The molecule has 0 saturated heterocycles. The summed E-state index contributed by atoms with van der Waals surface area (Å²) >= 11 is 0. The molecule has 8 nitrogen and oxygen atoms in total. The molecule has 0 aliphatic rings. The highest BCUT2D eigenvalue weighted by Crippen LogP contribution is 2.28. The average molecular weight is 336 g/mol. The summed E-state index contributed by atoms with van der Waals surface area (Å²) in [5.41, 5.74) is 0.644. The zero-order valence-electron chi connectivity index (χ0n) is 12.7. The molecule has 0 unspecified atom stereocenters. The van der Waals surface area contributed by atoms with Crippen LogP contribution in [0.5, 0.6) is 0 Å². The van der Waals surface area contributed by atoms with Gasteiger partial charge < -0.3 is 0 Å². The Bertz CT molecular complexity index is 1050. The summed E-state index contributed by atoms with van der Waals surface area (Å²) in [5.74, 6) is 0.341. The summed E-state index contributed by atoms with van der Waals surface area (Å²) in [6.07, 6.45) is -1.36. The zero-order valence-corrected chi connectivity index (χ0v) is 12.7. The normalized spacial score (nSPS) is 12.5. The monoisotopic (exact) mass is 336 g/mol. The number of rotatable bonds is 2. The van der Waals surface area contributed by atoms with E-state index in [1.54, 1.807) is 24.9 Å². The lowest BCUT2D eigenvalue weighted by atomic mass is 10.3. The van der Waals surface area contributed by atoms with Crippen molar-refractivity contribution < 1.29 is 13.2 Å². The van der Waals surface area contributed by atoms with Gasteiger partial charge in [-0.3, -0.25) is 9.36 Å². The van der Waals surface area contributed by atoms with Crippen molar-refractivity contribution in [1.29, 1.82) is 0 Å². The van der Waals surface area contributed by atoms with E-state index in [9.17, 15) is 13.2 Å². The molecule has 4 aromatic rings. The molecule has 4 heterocycles. The summed E-state index contributed by atoms with van der Waals surface area (Å²) in [4.78, 5) is 8.61. The van der Waals surface area contributed by atoms with Crippen molar-refractivity contribution in [3.63, 3.8) is 0 Å². The van der Waals surface area contributed by atoms with E-state index in [0.717, 1.165) is 6.07 Å². The van der Waals surface area contributed by atoms with Gasteiger partial charge in [0.2, 0.25) is 0 Å². The second kappa shape index (κ2) is 4.76. The molecule has 0 amide bonds. The third-order valence-corrected chi connectivity index (χ3v) is 3.68. The Balaban J connectivity index is 1.75. The quantitative estimate of drug-likeness (QED) is 0.555. The van der Waals surface area contributed by atoms with E-state index in [1.807, 2.05) is 0 Å². The summed E-state index contributed by atoms with van der Waals surface area (Å²) in [6, 6.07) is 0.997. The lowest BCUT2D eigenvalue weighted by Gasteiger charge is -2.01. The van der Waals surface area contributed by atoms with E-state index in [2.05, 4.69) is 25.3 Å². The molecule has 124 valence electrons. The number of aromatic nitrogens is 8. The van der Waals surface area contributed by atoms with Crippen molar-refractivity contribution in [3.8, 4) is 0 Å². The summed E-state index contributed by atoms with van der Waals surface area (Å²) in [6.45, 7) is 1.59. The molecule has 0 aliphatic heterocycles. The van der Waals surface area contributed by atoms with Crippen molar-refractivity contribution in [2.75, 3.05) is 0 Å². The summed E-state index contributed by atoms with van der Waals surface area (Å²) in [5, 5.41) is 12.7. The molecule has 0 atom stereocenters. The van der Waals surface area contributed by atoms with Gasteiger partial charge in [-0.1, -0.05) is 0 Å². The molecular weight excluding hydrogens is 325 g/mol. The van der Waals surface area contributed by atoms with E-state index in [-0.39, 0.29) is 6.54 Å². The van der Waals surface area contributed by atoms with Gasteiger partial charge in [-0.25, -0.2) is 14.5 Å². The van der Waals surface area contributed by atoms with Gasteiger partial charge in [0.05, 0.1) is 11.6 Å². The van der Waals surface area contributed by atoms with Crippen LogP contribution >= 0.6 is 0 Å². The maximum atomic E-state index is 12.7. The minimum atomic E-state index is -4.48. The first-order valence-electron chi connectivity index (χ1n) is 6.96. The maximum absolute atomic E-state index is 12.7. The van der Waals surface area contributed by atoms with Crippen LogP contribution in [0, 0.1) is 6.92 Å². The number of fused-ring (bicyclic) bond motifs is 3. The molecule has 4 aromatic heterocycles. The van der Waals surface area contributed by atoms with E-state index in [1.165, 1.54) is 15.5 Å². The number of aryl methyl sites for hydroxylation is 2. The predicted molar refractivity (Wildman–Crippen MR) is 76.1 cm³/mol. The largest absolute Gasteiger partial charge is 0.435 e. The van der Waals surface area contributed by atoms with Crippen LogP contribution in [-0.2, 0) is 19.8 Å². The van der Waals surface area contributed by atoms with Gasteiger partial charge in [0.25, 0.3) is 0 Å². The van der Waals surface area contributed by atoms with Crippen molar-refractivity contribution in [3.05, 3.63) is 35.8 Å². The van der Waals surface area contributed by atoms with Gasteiger partial charge in [0.1, 0.15) is 12.9 Å². The van der Waals surface area contributed by atoms with Crippen LogP contribution in [0.3, 0.4) is 0 Å². The minimum absolute atomic E-state index is 0.0331. The Labute approximate surface area is 132 Å². The summed E-state index contributed by atoms with van der Waals surface area (Å²) < 4.78 is 42.5. The fourth-order valence-electron chi connectivity index (χ4n) is 2.49. The van der Waals surface area contributed by atoms with Crippen LogP contribution < -0.4 is 0 Å². The molecular formula is C13H11F3N8. The van der Waals surface area contributed by atoms with Crippen LogP contribution in [0.4, 0.5) is 13.2 Å². The van der Waals surface area contributed by atoms with Gasteiger partial charge in [-0.05, 0) is 13.0 Å². The fraction of sp³-hybridized carbons (Fsp3) is 0.308. The SMILES string of the molecule is Cc1cc(C(F)(F)F)nn1Cc1nc2c3cnn(C)c3ncn2n1. The maximum Gasteiger partial charge on any atom is 0.435 e. The number of hydrogen-bond acceptors (Lipinski definition) is 5. The molecule has 0 saturated carbocycles. The molecule has 0 fully saturated rings. The van der Waals surface area contributed by atoms with Gasteiger partial charge in [-0.2, -0.15) is 23.4 Å². The molecule has 0 radical (unpaired) electrons. The van der Waals surface area contributed by atoms with Crippen LogP contribution in [0.2, 0.25) is 0 Å². The van der Waals surface area contributed by atoms with Crippen LogP contribution in [0.15, 0.2) is 18.6 Å². The minimum Gasteiger partial charge on any atom is -0.262 e. The molecule has 0 aliphatic carbocycles. The average Bonchev–Trinajstić information content (AvgIpc) is 3.17. The standard InChI is InChI=1S/C13H11F3N8/c1-7-3-9(13(14,15)16)20-23(7)5-10-19-12-8-4-18-22(2)11(8)17-6-24(12)21-10/h3-4,6H,5H2,1-2H3. The van der Waals surface area contributed by atoms with Gasteiger partial charge in [-0.15, -0.1) is 5.10 Å². The second-order valence-corrected chi connectivity index (χ2v) is 5.37. The van der Waals surface area contributed by atoms with Crippen molar-refractivity contribution in [1.82, 2.24) is 39.1 Å². The highest BCUT2D eigenvalue weighted by atomic mass is 19.4.